The summed E-state index contributed by atoms with van der Waals surface area (Å²) >= 11 is 0. The largest absolute Gasteiger partial charge is 0.472 e. The lowest BCUT2D eigenvalue weighted by Gasteiger charge is -2.18. The molecule has 0 saturated heterocycles. The third-order valence-corrected chi connectivity index (χ3v) is 7.10. The SMILES string of the molecule is CCCCCCCCCCCCCCCCCCOC[C@@H](COP(=O)(O)OCCNC(C)C)OC. The van der Waals surface area contributed by atoms with Gasteiger partial charge in [-0.25, -0.2) is 4.57 Å². The van der Waals surface area contributed by atoms with Gasteiger partial charge < -0.3 is 19.7 Å². The van der Waals surface area contributed by atoms with E-state index in [0.717, 1.165) is 6.42 Å². The minimum absolute atomic E-state index is 0.0408. The Kier molecular flexibility index (Phi) is 25.6. The van der Waals surface area contributed by atoms with Crippen molar-refractivity contribution in [3.63, 3.8) is 0 Å². The molecule has 0 aliphatic carbocycles. The summed E-state index contributed by atoms with van der Waals surface area (Å²) in [5.41, 5.74) is 0. The van der Waals surface area contributed by atoms with Crippen LogP contribution in [0.25, 0.3) is 0 Å². The molecule has 0 aromatic heterocycles. The van der Waals surface area contributed by atoms with Crippen LogP contribution >= 0.6 is 7.82 Å². The van der Waals surface area contributed by atoms with Crippen molar-refractivity contribution in [2.75, 3.05) is 40.1 Å². The molecule has 2 N–H and O–H groups in total. The predicted octanol–water partition coefficient (Wildman–Crippen LogP) is 7.41. The van der Waals surface area contributed by atoms with Crippen LogP contribution in [0, 0.1) is 0 Å². The summed E-state index contributed by atoms with van der Waals surface area (Å²) in [6.45, 7) is 7.84. The van der Waals surface area contributed by atoms with Gasteiger partial charge in [-0.3, -0.25) is 9.05 Å². The molecule has 0 fully saturated rings. The third kappa shape index (κ3) is 26.9. The van der Waals surface area contributed by atoms with Gasteiger partial charge >= 0.3 is 7.82 Å². The Morgan fingerprint density at radius 3 is 1.66 bits per heavy atom. The summed E-state index contributed by atoms with van der Waals surface area (Å²) in [4.78, 5) is 9.74. The van der Waals surface area contributed by atoms with Crippen molar-refractivity contribution in [1.82, 2.24) is 5.32 Å². The van der Waals surface area contributed by atoms with Crippen LogP contribution in [0.4, 0.5) is 0 Å². The fourth-order valence-electron chi connectivity index (χ4n) is 3.87. The molecule has 8 heteroatoms. The van der Waals surface area contributed by atoms with Crippen LogP contribution in [0.2, 0.25) is 0 Å². The molecule has 7 nitrogen and oxygen atoms in total. The number of phosphoric acid groups is 1. The topological polar surface area (TPSA) is 86.3 Å². The highest BCUT2D eigenvalue weighted by molar-refractivity contribution is 7.47. The van der Waals surface area contributed by atoms with E-state index in [1.807, 2.05) is 13.8 Å². The van der Waals surface area contributed by atoms with E-state index < -0.39 is 13.9 Å². The van der Waals surface area contributed by atoms with Crippen molar-refractivity contribution >= 4 is 7.82 Å². The number of methoxy groups -OCH3 is 1. The highest BCUT2D eigenvalue weighted by Crippen LogP contribution is 2.43. The van der Waals surface area contributed by atoms with E-state index in [2.05, 4.69) is 12.2 Å². The smallest absolute Gasteiger partial charge is 0.379 e. The van der Waals surface area contributed by atoms with Gasteiger partial charge in [-0.15, -0.1) is 0 Å². The zero-order valence-electron chi connectivity index (χ0n) is 23.4. The summed E-state index contributed by atoms with van der Waals surface area (Å²) < 4.78 is 32.8. The first-order valence-corrected chi connectivity index (χ1v) is 15.9. The van der Waals surface area contributed by atoms with Crippen LogP contribution in [0.1, 0.15) is 124 Å². The molecule has 2 atom stereocenters. The molecule has 0 radical (unpaired) electrons. The van der Waals surface area contributed by atoms with E-state index in [0.29, 0.717) is 25.8 Å². The Labute approximate surface area is 217 Å². The molecule has 1 unspecified atom stereocenters. The molecule has 0 heterocycles. The molecule has 0 bridgehead atoms. The monoisotopic (exact) mass is 523 g/mol. The highest BCUT2D eigenvalue weighted by atomic mass is 31.2. The average molecular weight is 524 g/mol. The first-order chi connectivity index (χ1) is 16.9. The maximum Gasteiger partial charge on any atom is 0.472 e. The fourth-order valence-corrected chi connectivity index (χ4v) is 4.63. The van der Waals surface area contributed by atoms with Crippen molar-refractivity contribution in [2.24, 2.45) is 0 Å². The lowest BCUT2D eigenvalue weighted by atomic mass is 10.0. The number of nitrogens with one attached hydrogen (secondary N) is 1. The molecule has 0 aromatic carbocycles. The summed E-state index contributed by atoms with van der Waals surface area (Å²) in [5.74, 6) is 0. The molecule has 0 rings (SSSR count). The van der Waals surface area contributed by atoms with Crippen LogP contribution in [-0.4, -0.2) is 57.1 Å². The fraction of sp³-hybridized carbons (Fsp3) is 1.00. The van der Waals surface area contributed by atoms with Gasteiger partial charge in [0.05, 0.1) is 19.8 Å². The molecule has 0 aliphatic rings. The molecule has 0 amide bonds. The molecular formula is C27H58NO6P. The normalized spacial score (nSPS) is 14.5. The number of ether oxygens (including phenoxy) is 2. The molecule has 0 aromatic rings. The number of hydrogen-bond acceptors (Lipinski definition) is 6. The minimum atomic E-state index is -4.07. The van der Waals surface area contributed by atoms with Crippen LogP contribution in [-0.2, 0) is 23.1 Å². The van der Waals surface area contributed by atoms with Crippen LogP contribution in [0.5, 0.6) is 0 Å². The maximum atomic E-state index is 11.9. The van der Waals surface area contributed by atoms with E-state index in [1.54, 1.807) is 7.11 Å². The second-order valence-corrected chi connectivity index (χ2v) is 11.4. The van der Waals surface area contributed by atoms with Crippen LogP contribution in [0.15, 0.2) is 0 Å². The van der Waals surface area contributed by atoms with Gasteiger partial charge in [0.15, 0.2) is 0 Å². The molecule has 35 heavy (non-hydrogen) atoms. The van der Waals surface area contributed by atoms with Gasteiger partial charge in [0, 0.05) is 26.3 Å². The van der Waals surface area contributed by atoms with Crippen molar-refractivity contribution in [2.45, 2.75) is 136 Å². The number of unbranched alkanes of at least 4 members (excludes halogenated alkanes) is 15. The average Bonchev–Trinajstić information content (AvgIpc) is 2.83. The van der Waals surface area contributed by atoms with Gasteiger partial charge in [-0.1, -0.05) is 117 Å². The molecule has 0 saturated carbocycles. The van der Waals surface area contributed by atoms with Gasteiger partial charge in [0.2, 0.25) is 0 Å². The van der Waals surface area contributed by atoms with Crippen LogP contribution < -0.4 is 5.32 Å². The van der Waals surface area contributed by atoms with Gasteiger partial charge in [-0.05, 0) is 6.42 Å². The van der Waals surface area contributed by atoms with Gasteiger partial charge in [0.25, 0.3) is 0 Å². The Morgan fingerprint density at radius 1 is 0.714 bits per heavy atom. The van der Waals surface area contributed by atoms with Crippen molar-refractivity contribution in [3.8, 4) is 0 Å². The van der Waals surface area contributed by atoms with Gasteiger partial charge in [0.1, 0.15) is 6.10 Å². The minimum Gasteiger partial charge on any atom is -0.379 e. The standard InChI is InChI=1S/C27H58NO6P/c1-5-6-7-8-9-10-11-12-13-14-15-16-17-18-19-20-22-32-24-27(31-4)25-34-35(29,30)33-23-21-28-26(2)3/h26-28H,5-25H2,1-4H3,(H,29,30)/t27-/m0/s1. The summed E-state index contributed by atoms with van der Waals surface area (Å²) in [6, 6.07) is 0.294. The number of rotatable bonds is 28. The zero-order chi connectivity index (χ0) is 26.0. The Balaban J connectivity index is 3.45. The second kappa shape index (κ2) is 25.6. The van der Waals surface area contributed by atoms with E-state index in [-0.39, 0.29) is 13.2 Å². The van der Waals surface area contributed by atoms with E-state index in [1.165, 1.54) is 96.3 Å². The first kappa shape index (κ1) is 35.0. The summed E-state index contributed by atoms with van der Waals surface area (Å²) in [6.07, 6.45) is 21.2. The summed E-state index contributed by atoms with van der Waals surface area (Å²) in [5, 5.41) is 3.11. The zero-order valence-corrected chi connectivity index (χ0v) is 24.3. The van der Waals surface area contributed by atoms with E-state index in [4.69, 9.17) is 18.5 Å². The van der Waals surface area contributed by atoms with E-state index in [9.17, 15) is 9.46 Å². The molecular weight excluding hydrogens is 465 g/mol. The Hall–Kier alpha value is -0.0100. The van der Waals surface area contributed by atoms with Crippen LogP contribution in [0.3, 0.4) is 0 Å². The molecule has 0 spiro atoms. The first-order valence-electron chi connectivity index (χ1n) is 14.4. The Bertz CT molecular complexity index is 481. The van der Waals surface area contributed by atoms with Gasteiger partial charge in [-0.2, -0.15) is 0 Å². The number of hydrogen-bond donors (Lipinski definition) is 2. The van der Waals surface area contributed by atoms with Crippen molar-refractivity contribution in [3.05, 3.63) is 0 Å². The highest BCUT2D eigenvalue weighted by Gasteiger charge is 2.23. The number of phosphoric ester groups is 1. The predicted molar refractivity (Wildman–Crippen MR) is 146 cm³/mol. The van der Waals surface area contributed by atoms with Crippen molar-refractivity contribution in [1.29, 1.82) is 0 Å². The Morgan fingerprint density at radius 2 is 1.20 bits per heavy atom. The van der Waals surface area contributed by atoms with E-state index >= 15 is 0 Å². The summed E-state index contributed by atoms with van der Waals surface area (Å²) in [7, 11) is -2.53. The lowest BCUT2D eigenvalue weighted by Crippen LogP contribution is -2.27. The quantitative estimate of drug-likeness (QED) is 0.0815. The molecule has 212 valence electrons. The second-order valence-electron chi connectivity index (χ2n) is 9.94. The van der Waals surface area contributed by atoms with Crippen molar-refractivity contribution < 1.29 is 28.0 Å². The molecule has 0 aliphatic heterocycles. The maximum absolute atomic E-state index is 11.9. The lowest BCUT2D eigenvalue weighted by molar-refractivity contribution is -0.0220. The third-order valence-electron chi connectivity index (χ3n) is 6.11.